The summed E-state index contributed by atoms with van der Waals surface area (Å²) >= 11 is 0. The number of hydrogen-bond donors (Lipinski definition) is 1. The van der Waals surface area contributed by atoms with Gasteiger partial charge in [-0.05, 0) is 55.6 Å². The number of ether oxygens (including phenoxy) is 1. The summed E-state index contributed by atoms with van der Waals surface area (Å²) in [6.45, 7) is 3.66. The van der Waals surface area contributed by atoms with Gasteiger partial charge in [-0.2, -0.15) is 0 Å². The van der Waals surface area contributed by atoms with Crippen LogP contribution < -0.4 is 10.5 Å². The van der Waals surface area contributed by atoms with E-state index < -0.39 is 0 Å². The molecule has 2 unspecified atom stereocenters. The van der Waals surface area contributed by atoms with Crippen LogP contribution in [0, 0.1) is 11.7 Å². The molecule has 0 aromatic heterocycles. The fraction of sp³-hybridized carbons (Fsp3) is 0.350. The van der Waals surface area contributed by atoms with Crippen molar-refractivity contribution in [3.8, 4) is 5.75 Å². The highest BCUT2D eigenvalue weighted by Crippen LogP contribution is 2.24. The highest BCUT2D eigenvalue weighted by molar-refractivity contribution is 5.94. The van der Waals surface area contributed by atoms with Gasteiger partial charge in [-0.3, -0.25) is 4.79 Å². The van der Waals surface area contributed by atoms with Gasteiger partial charge in [0.05, 0.1) is 0 Å². The number of benzene rings is 2. The molecule has 1 heterocycles. The Morgan fingerprint density at radius 3 is 2.73 bits per heavy atom. The molecule has 140 valence electrons. The maximum atomic E-state index is 13.2. The molecule has 2 aromatic carbocycles. The molecule has 1 amide bonds. The van der Waals surface area contributed by atoms with E-state index in [9.17, 15) is 9.18 Å². The Morgan fingerprint density at radius 2 is 2.04 bits per heavy atom. The van der Waals surface area contributed by atoms with Crippen molar-refractivity contribution in [1.82, 2.24) is 4.90 Å². The predicted octanol–water partition coefficient (Wildman–Crippen LogP) is 3.64. The van der Waals surface area contributed by atoms with Crippen LogP contribution in [0.2, 0.25) is 0 Å². The van der Waals surface area contributed by atoms with Gasteiger partial charge in [0.15, 0.2) is 0 Å². The van der Waals surface area contributed by atoms with Gasteiger partial charge >= 0.3 is 0 Å². The Morgan fingerprint density at radius 1 is 1.27 bits per heavy atom. The van der Waals surface area contributed by atoms with Crippen LogP contribution in [-0.2, 0) is 6.61 Å². The van der Waals surface area contributed by atoms with Crippen LogP contribution in [-0.4, -0.2) is 29.9 Å². The van der Waals surface area contributed by atoms with Gasteiger partial charge in [0.2, 0.25) is 0 Å². The predicted molar refractivity (Wildman–Crippen MR) is 102 cm³/mol. The number of halogens is 2. The largest absolute Gasteiger partial charge is 0.489 e. The molecule has 1 aliphatic rings. The standard InChI is InChI=1S/C20H23FN2O2.ClH/c1-14-8-16(11-22)12-23(14)20(24)17-5-2-4-15(9-17)13-25-19-7-3-6-18(21)10-19;/h2-7,9-10,14,16H,8,11-13,22H2,1H3;1H. The minimum absolute atomic E-state index is 0. The summed E-state index contributed by atoms with van der Waals surface area (Å²) in [5, 5.41) is 0. The van der Waals surface area contributed by atoms with E-state index >= 15 is 0 Å². The SMILES string of the molecule is CC1CC(CN)CN1C(=O)c1cccc(COc2cccc(F)c2)c1.Cl. The monoisotopic (exact) mass is 378 g/mol. The molecule has 0 aliphatic carbocycles. The van der Waals surface area contributed by atoms with Crippen LogP contribution in [0.15, 0.2) is 48.5 Å². The molecule has 6 heteroatoms. The van der Waals surface area contributed by atoms with Gasteiger partial charge in [0, 0.05) is 24.2 Å². The van der Waals surface area contributed by atoms with E-state index in [-0.39, 0.29) is 36.8 Å². The summed E-state index contributed by atoms with van der Waals surface area (Å²) in [5.74, 6) is 0.532. The van der Waals surface area contributed by atoms with Crippen LogP contribution in [0.1, 0.15) is 29.3 Å². The van der Waals surface area contributed by atoms with Crippen LogP contribution >= 0.6 is 12.4 Å². The molecule has 0 radical (unpaired) electrons. The number of nitrogens with zero attached hydrogens (tertiary/aromatic N) is 1. The van der Waals surface area contributed by atoms with E-state index in [1.54, 1.807) is 12.1 Å². The zero-order valence-corrected chi connectivity index (χ0v) is 15.5. The third-order valence-electron chi connectivity index (χ3n) is 4.63. The zero-order valence-electron chi connectivity index (χ0n) is 14.7. The first-order valence-corrected chi connectivity index (χ1v) is 8.55. The first kappa shape index (κ1) is 20.2. The average Bonchev–Trinajstić information content (AvgIpc) is 3.00. The van der Waals surface area contributed by atoms with Gasteiger partial charge < -0.3 is 15.4 Å². The van der Waals surface area contributed by atoms with E-state index in [1.807, 2.05) is 29.2 Å². The minimum atomic E-state index is -0.334. The smallest absolute Gasteiger partial charge is 0.254 e. The van der Waals surface area contributed by atoms with Crippen molar-refractivity contribution in [3.63, 3.8) is 0 Å². The number of amides is 1. The number of carbonyl (C=O) groups is 1. The van der Waals surface area contributed by atoms with Crippen LogP contribution in [0.25, 0.3) is 0 Å². The summed E-state index contributed by atoms with van der Waals surface area (Å²) in [7, 11) is 0. The van der Waals surface area contributed by atoms with Crippen LogP contribution in [0.5, 0.6) is 5.75 Å². The lowest BCUT2D eigenvalue weighted by Gasteiger charge is -2.22. The highest BCUT2D eigenvalue weighted by atomic mass is 35.5. The van der Waals surface area contributed by atoms with Gasteiger partial charge in [0.25, 0.3) is 5.91 Å². The lowest BCUT2D eigenvalue weighted by molar-refractivity contribution is 0.0743. The number of rotatable bonds is 5. The lowest BCUT2D eigenvalue weighted by Crippen LogP contribution is -2.34. The number of hydrogen-bond acceptors (Lipinski definition) is 3. The number of carbonyl (C=O) groups excluding carboxylic acids is 1. The van der Waals surface area contributed by atoms with Crippen molar-refractivity contribution >= 4 is 18.3 Å². The van der Waals surface area contributed by atoms with Gasteiger partial charge in [-0.25, -0.2) is 4.39 Å². The maximum Gasteiger partial charge on any atom is 0.254 e. The zero-order chi connectivity index (χ0) is 17.8. The molecule has 3 rings (SSSR count). The normalized spacial score (nSPS) is 19.1. The molecule has 2 atom stereocenters. The second-order valence-corrected chi connectivity index (χ2v) is 6.59. The van der Waals surface area contributed by atoms with Crippen molar-refractivity contribution in [2.45, 2.75) is 26.0 Å². The maximum absolute atomic E-state index is 13.2. The Hall–Kier alpha value is -2.11. The Labute approximate surface area is 159 Å². The van der Waals surface area contributed by atoms with Crippen molar-refractivity contribution in [2.24, 2.45) is 11.7 Å². The molecule has 0 saturated carbocycles. The summed E-state index contributed by atoms with van der Waals surface area (Å²) in [6.07, 6.45) is 0.949. The van der Waals surface area contributed by atoms with E-state index in [0.29, 0.717) is 30.3 Å². The summed E-state index contributed by atoms with van der Waals surface area (Å²) in [5.41, 5.74) is 7.26. The molecule has 1 fully saturated rings. The number of likely N-dealkylation sites (tertiary alicyclic amines) is 1. The fourth-order valence-corrected chi connectivity index (χ4v) is 3.28. The molecule has 26 heavy (non-hydrogen) atoms. The van der Waals surface area contributed by atoms with Crippen molar-refractivity contribution < 1.29 is 13.9 Å². The van der Waals surface area contributed by atoms with E-state index in [1.165, 1.54) is 12.1 Å². The minimum Gasteiger partial charge on any atom is -0.489 e. The molecular formula is C20H24ClFN2O2. The first-order chi connectivity index (χ1) is 12.1. The van der Waals surface area contributed by atoms with Crippen LogP contribution in [0.3, 0.4) is 0 Å². The highest BCUT2D eigenvalue weighted by Gasteiger charge is 2.32. The molecule has 1 saturated heterocycles. The molecule has 0 spiro atoms. The van der Waals surface area contributed by atoms with E-state index in [4.69, 9.17) is 10.5 Å². The molecule has 4 nitrogen and oxygen atoms in total. The van der Waals surface area contributed by atoms with E-state index in [0.717, 1.165) is 12.0 Å². The second kappa shape index (κ2) is 9.01. The molecule has 2 aromatic rings. The van der Waals surface area contributed by atoms with Crippen molar-refractivity contribution in [2.75, 3.05) is 13.1 Å². The van der Waals surface area contributed by atoms with Gasteiger partial charge in [-0.1, -0.05) is 18.2 Å². The molecule has 0 bridgehead atoms. The lowest BCUT2D eigenvalue weighted by atomic mass is 10.1. The van der Waals surface area contributed by atoms with Gasteiger partial charge in [-0.15, -0.1) is 12.4 Å². The summed E-state index contributed by atoms with van der Waals surface area (Å²) in [4.78, 5) is 14.7. The third kappa shape index (κ3) is 4.74. The fourth-order valence-electron chi connectivity index (χ4n) is 3.28. The van der Waals surface area contributed by atoms with Crippen LogP contribution in [0.4, 0.5) is 4.39 Å². The Kier molecular flexibility index (Phi) is 7.00. The van der Waals surface area contributed by atoms with Crippen molar-refractivity contribution in [1.29, 1.82) is 0 Å². The van der Waals surface area contributed by atoms with Gasteiger partial charge in [0.1, 0.15) is 18.2 Å². The summed E-state index contributed by atoms with van der Waals surface area (Å²) < 4.78 is 18.8. The third-order valence-corrected chi connectivity index (χ3v) is 4.63. The quantitative estimate of drug-likeness (QED) is 0.864. The Balaban J connectivity index is 0.00000243. The van der Waals surface area contributed by atoms with Crippen molar-refractivity contribution in [3.05, 3.63) is 65.5 Å². The Bertz CT molecular complexity index is 756. The molecular weight excluding hydrogens is 355 g/mol. The second-order valence-electron chi connectivity index (χ2n) is 6.59. The average molecular weight is 379 g/mol. The molecule has 1 aliphatic heterocycles. The van der Waals surface area contributed by atoms with E-state index in [2.05, 4.69) is 6.92 Å². The summed E-state index contributed by atoms with van der Waals surface area (Å²) in [6, 6.07) is 13.6. The number of nitrogens with two attached hydrogens (primary N) is 1. The molecule has 2 N–H and O–H groups in total. The topological polar surface area (TPSA) is 55.6 Å². The first-order valence-electron chi connectivity index (χ1n) is 8.55.